The Balaban J connectivity index is -0.000000472. The van der Waals surface area contributed by atoms with Crippen LogP contribution in [0.3, 0.4) is 0 Å². The van der Waals surface area contributed by atoms with Crippen molar-refractivity contribution in [1.29, 1.82) is 0 Å². The number of carbonyl (C=O) groups excluding carboxylic acids is 3. The summed E-state index contributed by atoms with van der Waals surface area (Å²) in [7, 11) is 1.00. The van der Waals surface area contributed by atoms with E-state index in [2.05, 4.69) is 17.6 Å². The normalized spacial score (nSPS) is 10.3. The molecular formula is C31H64N2O6. The fourth-order valence-electron chi connectivity index (χ4n) is 3.78. The minimum absolute atomic E-state index is 0.135. The van der Waals surface area contributed by atoms with Crippen molar-refractivity contribution in [3.05, 3.63) is 0 Å². The molecule has 1 atom stereocenters. The van der Waals surface area contributed by atoms with Gasteiger partial charge in [-0.2, -0.15) is 0 Å². The molecule has 0 radical (unpaired) electrons. The average Bonchev–Trinajstić information content (AvgIpc) is 2.95. The monoisotopic (exact) mass is 560 g/mol. The van der Waals surface area contributed by atoms with Gasteiger partial charge in [0.2, 0.25) is 12.3 Å². The van der Waals surface area contributed by atoms with Crippen LogP contribution in [-0.4, -0.2) is 54.5 Å². The molecule has 39 heavy (non-hydrogen) atoms. The van der Waals surface area contributed by atoms with Crippen LogP contribution >= 0.6 is 0 Å². The number of aliphatic hydroxyl groups is 1. The highest BCUT2D eigenvalue weighted by atomic mass is 16.4. The zero-order chi connectivity index (χ0) is 30.4. The van der Waals surface area contributed by atoms with Crippen molar-refractivity contribution < 1.29 is 29.4 Å². The van der Waals surface area contributed by atoms with E-state index in [9.17, 15) is 19.2 Å². The maximum absolute atomic E-state index is 11.8. The van der Waals surface area contributed by atoms with Crippen LogP contribution in [0.15, 0.2) is 0 Å². The standard InChI is InChI=1S/C23H43NO4.C5H11NO.C2H6.CH4O/c1-2-18-21(23(27)28)24-22(26)19-16-14-12-10-8-6-4-3-5-7-9-11-13-15-17-20-25;1-2-3-4-6-5-7;2*1-2/h20-21H,2-19H2,1H3,(H,24,26)(H,27,28);5H,2-4H2,1H3,(H,6,7);1-2H3;2H,1H3. The summed E-state index contributed by atoms with van der Waals surface area (Å²) in [6.45, 7) is 8.83. The molecule has 0 saturated heterocycles. The maximum atomic E-state index is 11.8. The summed E-state index contributed by atoms with van der Waals surface area (Å²) < 4.78 is 0. The quantitative estimate of drug-likeness (QED) is 0.0704. The molecule has 0 heterocycles. The van der Waals surface area contributed by atoms with E-state index in [1.54, 1.807) is 0 Å². The third kappa shape index (κ3) is 43.3. The lowest BCUT2D eigenvalue weighted by Crippen LogP contribution is -2.40. The summed E-state index contributed by atoms with van der Waals surface area (Å²) in [5.41, 5.74) is 0. The van der Waals surface area contributed by atoms with Gasteiger partial charge < -0.3 is 25.6 Å². The summed E-state index contributed by atoms with van der Waals surface area (Å²) in [5, 5.41) is 21.2. The molecular weight excluding hydrogens is 496 g/mol. The Bertz CT molecular complexity index is 503. The van der Waals surface area contributed by atoms with Gasteiger partial charge in [0.1, 0.15) is 12.3 Å². The van der Waals surface area contributed by atoms with E-state index in [1.165, 1.54) is 64.2 Å². The molecule has 0 aliphatic rings. The molecule has 0 saturated carbocycles. The third-order valence-electron chi connectivity index (χ3n) is 5.94. The second kappa shape index (κ2) is 43.1. The lowest BCUT2D eigenvalue weighted by molar-refractivity contribution is -0.142. The van der Waals surface area contributed by atoms with Gasteiger partial charge in [-0.25, -0.2) is 4.79 Å². The number of nitrogens with one attached hydrogen (secondary N) is 2. The largest absolute Gasteiger partial charge is 0.480 e. The summed E-state index contributed by atoms with van der Waals surface area (Å²) in [4.78, 5) is 42.6. The van der Waals surface area contributed by atoms with Crippen LogP contribution in [0.5, 0.6) is 0 Å². The Morgan fingerprint density at radius 2 is 1.13 bits per heavy atom. The number of amides is 2. The van der Waals surface area contributed by atoms with Gasteiger partial charge in [0.25, 0.3) is 0 Å². The van der Waals surface area contributed by atoms with E-state index in [0.29, 0.717) is 12.8 Å². The fourth-order valence-corrected chi connectivity index (χ4v) is 3.78. The number of carboxylic acid groups (broad SMARTS) is 1. The highest BCUT2D eigenvalue weighted by Gasteiger charge is 2.18. The van der Waals surface area contributed by atoms with Crippen LogP contribution < -0.4 is 10.6 Å². The van der Waals surface area contributed by atoms with Crippen LogP contribution in [0.2, 0.25) is 0 Å². The molecule has 0 bridgehead atoms. The third-order valence-corrected chi connectivity index (χ3v) is 5.94. The maximum Gasteiger partial charge on any atom is 0.326 e. The number of aliphatic carboxylic acids is 1. The molecule has 8 nitrogen and oxygen atoms in total. The van der Waals surface area contributed by atoms with E-state index in [-0.39, 0.29) is 5.91 Å². The minimum Gasteiger partial charge on any atom is -0.480 e. The number of carboxylic acids is 1. The zero-order valence-electron chi connectivity index (χ0n) is 26.1. The van der Waals surface area contributed by atoms with Crippen LogP contribution in [0.25, 0.3) is 0 Å². The SMILES string of the molecule is CC.CCCC(NC(=O)CCCCCCCCCCCCCCCCC=O)C(=O)O.CCCCNC=O.CO. The van der Waals surface area contributed by atoms with E-state index < -0.39 is 12.0 Å². The van der Waals surface area contributed by atoms with E-state index in [0.717, 1.165) is 77.7 Å². The zero-order valence-corrected chi connectivity index (χ0v) is 26.1. The molecule has 2 amide bonds. The Morgan fingerprint density at radius 3 is 1.49 bits per heavy atom. The topological polar surface area (TPSA) is 133 Å². The van der Waals surface area contributed by atoms with E-state index in [1.807, 2.05) is 20.8 Å². The molecule has 0 aromatic rings. The average molecular weight is 561 g/mol. The first-order chi connectivity index (χ1) is 19.0. The van der Waals surface area contributed by atoms with Gasteiger partial charge in [-0.15, -0.1) is 0 Å². The van der Waals surface area contributed by atoms with Crippen molar-refractivity contribution in [2.75, 3.05) is 13.7 Å². The minimum atomic E-state index is -0.940. The van der Waals surface area contributed by atoms with Gasteiger partial charge in [-0.3, -0.25) is 9.59 Å². The summed E-state index contributed by atoms with van der Waals surface area (Å²) in [6, 6.07) is -0.736. The molecule has 1 unspecified atom stereocenters. The van der Waals surface area contributed by atoms with Crippen molar-refractivity contribution in [2.24, 2.45) is 0 Å². The molecule has 0 rings (SSSR count). The second-order valence-electron chi connectivity index (χ2n) is 9.33. The first-order valence-electron chi connectivity index (χ1n) is 15.6. The smallest absolute Gasteiger partial charge is 0.326 e. The number of hydrogen-bond acceptors (Lipinski definition) is 5. The number of unbranched alkanes of at least 4 members (excludes halogenated alkanes) is 15. The summed E-state index contributed by atoms with van der Waals surface area (Å²) in [6.07, 6.45) is 23.3. The van der Waals surface area contributed by atoms with Gasteiger partial charge in [-0.05, 0) is 25.7 Å². The Morgan fingerprint density at radius 1 is 0.692 bits per heavy atom. The van der Waals surface area contributed by atoms with Crippen molar-refractivity contribution in [2.45, 2.75) is 162 Å². The predicted molar refractivity (Wildman–Crippen MR) is 163 cm³/mol. The van der Waals surface area contributed by atoms with Gasteiger partial charge in [0.15, 0.2) is 0 Å². The first-order valence-corrected chi connectivity index (χ1v) is 15.6. The lowest BCUT2D eigenvalue weighted by Gasteiger charge is -2.13. The molecule has 234 valence electrons. The Kier molecular flexibility index (Phi) is 48.7. The number of rotatable bonds is 25. The van der Waals surface area contributed by atoms with Crippen LogP contribution in [0, 0.1) is 0 Å². The van der Waals surface area contributed by atoms with Crippen molar-refractivity contribution in [3.8, 4) is 0 Å². The highest BCUT2D eigenvalue weighted by molar-refractivity contribution is 5.83. The highest BCUT2D eigenvalue weighted by Crippen LogP contribution is 2.13. The molecule has 0 aromatic heterocycles. The number of aldehydes is 1. The molecule has 0 fully saturated rings. The van der Waals surface area contributed by atoms with E-state index >= 15 is 0 Å². The van der Waals surface area contributed by atoms with Crippen molar-refractivity contribution in [3.63, 3.8) is 0 Å². The van der Waals surface area contributed by atoms with Gasteiger partial charge in [0.05, 0.1) is 0 Å². The van der Waals surface area contributed by atoms with Crippen molar-refractivity contribution in [1.82, 2.24) is 10.6 Å². The van der Waals surface area contributed by atoms with Crippen LogP contribution in [-0.2, 0) is 19.2 Å². The summed E-state index contributed by atoms with van der Waals surface area (Å²) in [5.74, 6) is -1.07. The molecule has 8 heteroatoms. The van der Waals surface area contributed by atoms with Crippen LogP contribution in [0.4, 0.5) is 0 Å². The molecule has 0 aliphatic heterocycles. The van der Waals surface area contributed by atoms with Gasteiger partial charge in [0, 0.05) is 26.5 Å². The van der Waals surface area contributed by atoms with E-state index in [4.69, 9.17) is 10.2 Å². The van der Waals surface area contributed by atoms with Gasteiger partial charge >= 0.3 is 5.97 Å². The first kappa shape index (κ1) is 44.1. The van der Waals surface area contributed by atoms with Crippen molar-refractivity contribution >= 4 is 24.6 Å². The van der Waals surface area contributed by atoms with Gasteiger partial charge in [-0.1, -0.05) is 118 Å². The molecule has 0 spiro atoms. The number of carbonyl (C=O) groups is 4. The lowest BCUT2D eigenvalue weighted by atomic mass is 10.0. The molecule has 0 aromatic carbocycles. The molecule has 0 aliphatic carbocycles. The second-order valence-corrected chi connectivity index (χ2v) is 9.33. The number of aliphatic hydroxyl groups excluding tert-OH is 1. The Hall–Kier alpha value is -1.96. The fraction of sp³-hybridized carbons (Fsp3) is 0.871. The predicted octanol–water partition coefficient (Wildman–Crippen LogP) is 6.96. The van der Waals surface area contributed by atoms with Crippen LogP contribution in [0.1, 0.15) is 156 Å². The summed E-state index contributed by atoms with van der Waals surface area (Å²) >= 11 is 0. The Labute approximate surface area is 240 Å². The number of hydrogen-bond donors (Lipinski definition) is 4. The molecule has 4 N–H and O–H groups in total.